The summed E-state index contributed by atoms with van der Waals surface area (Å²) in [6.45, 7) is 2.42. The highest BCUT2D eigenvalue weighted by atomic mass is 79.9. The molecule has 0 saturated heterocycles. The first-order valence-electron chi connectivity index (χ1n) is 8.30. The Morgan fingerprint density at radius 1 is 1.16 bits per heavy atom. The summed E-state index contributed by atoms with van der Waals surface area (Å²) in [5, 5.41) is 0. The number of rotatable bonds is 3. The molecule has 0 spiro atoms. The van der Waals surface area contributed by atoms with E-state index in [1.54, 1.807) is 0 Å². The maximum atomic E-state index is 12.0. The molecule has 0 fully saturated rings. The van der Waals surface area contributed by atoms with Crippen molar-refractivity contribution in [3.8, 4) is 11.5 Å². The molecule has 0 radical (unpaired) electrons. The zero-order chi connectivity index (χ0) is 17.4. The largest absolute Gasteiger partial charge is 0.486 e. The maximum absolute atomic E-state index is 12.0. The van der Waals surface area contributed by atoms with Gasteiger partial charge in [-0.05, 0) is 35.2 Å². The van der Waals surface area contributed by atoms with Gasteiger partial charge in [0.2, 0.25) is 5.91 Å². The number of amides is 1. The summed E-state index contributed by atoms with van der Waals surface area (Å²) in [6.07, 6.45) is 0.647. The van der Waals surface area contributed by atoms with Crippen LogP contribution in [0.2, 0.25) is 0 Å². The first kappa shape index (κ1) is 16.4. The van der Waals surface area contributed by atoms with E-state index in [4.69, 9.17) is 15.2 Å². The maximum Gasteiger partial charge on any atom is 0.235 e. The van der Waals surface area contributed by atoms with Crippen molar-refractivity contribution in [3.63, 3.8) is 0 Å². The van der Waals surface area contributed by atoms with Crippen molar-refractivity contribution >= 4 is 21.8 Å². The van der Waals surface area contributed by atoms with Crippen LogP contribution in [0, 0.1) is 0 Å². The molecule has 5 nitrogen and oxygen atoms in total. The Hall–Kier alpha value is -2.05. The molecule has 0 aliphatic carbocycles. The summed E-state index contributed by atoms with van der Waals surface area (Å²) in [5.41, 5.74) is 9.17. The average Bonchev–Trinajstić information content (AvgIpc) is 2.61. The van der Waals surface area contributed by atoms with Gasteiger partial charge >= 0.3 is 0 Å². The number of nitrogens with two attached hydrogens (primary N) is 1. The highest BCUT2D eigenvalue weighted by molar-refractivity contribution is 9.10. The summed E-state index contributed by atoms with van der Waals surface area (Å²) in [7, 11) is 0. The zero-order valence-corrected chi connectivity index (χ0v) is 15.3. The predicted molar refractivity (Wildman–Crippen MR) is 97.5 cm³/mol. The number of nitrogens with zero attached hydrogens (tertiary/aromatic N) is 1. The second-order valence-corrected chi connectivity index (χ2v) is 7.24. The normalized spacial score (nSPS) is 19.3. The van der Waals surface area contributed by atoms with Crippen LogP contribution < -0.4 is 15.2 Å². The number of halogens is 1. The van der Waals surface area contributed by atoms with Crippen LogP contribution in [0.3, 0.4) is 0 Å². The average molecular weight is 403 g/mol. The summed E-state index contributed by atoms with van der Waals surface area (Å²) in [4.78, 5) is 14.1. The topological polar surface area (TPSA) is 64.8 Å². The lowest BCUT2D eigenvalue weighted by molar-refractivity contribution is -0.124. The number of hydrogen-bond donors (Lipinski definition) is 1. The van der Waals surface area contributed by atoms with Crippen LogP contribution in [0.15, 0.2) is 40.9 Å². The van der Waals surface area contributed by atoms with E-state index in [2.05, 4.69) is 33.0 Å². The highest BCUT2D eigenvalue weighted by Crippen LogP contribution is 2.37. The Kier molecular flexibility index (Phi) is 4.39. The second kappa shape index (κ2) is 6.69. The quantitative estimate of drug-likeness (QED) is 0.856. The van der Waals surface area contributed by atoms with Crippen molar-refractivity contribution < 1.29 is 14.3 Å². The fraction of sp³-hybridized carbons (Fsp3) is 0.316. The van der Waals surface area contributed by atoms with Gasteiger partial charge in [0, 0.05) is 17.6 Å². The molecule has 2 aromatic carbocycles. The SMILES string of the molecule is NC(=O)C1Cc2ccccc2CN1Cc1cc2c(cc1Br)OCCO2. The molecule has 6 heteroatoms. The number of hydrogen-bond acceptors (Lipinski definition) is 4. The molecule has 2 aliphatic rings. The summed E-state index contributed by atoms with van der Waals surface area (Å²) in [6, 6.07) is 11.8. The van der Waals surface area contributed by atoms with Crippen LogP contribution >= 0.6 is 15.9 Å². The highest BCUT2D eigenvalue weighted by Gasteiger charge is 2.30. The molecule has 1 amide bonds. The number of carbonyl (C=O) groups is 1. The van der Waals surface area contributed by atoms with E-state index in [-0.39, 0.29) is 11.9 Å². The Labute approximate surface area is 154 Å². The molecular weight excluding hydrogens is 384 g/mol. The first-order valence-corrected chi connectivity index (χ1v) is 9.09. The summed E-state index contributed by atoms with van der Waals surface area (Å²) < 4.78 is 12.2. The standard InChI is InChI=1S/C19H19BrN2O3/c20-15-9-18-17(24-5-6-25-18)8-14(15)11-22-10-13-4-2-1-3-12(13)7-16(22)19(21)23/h1-4,8-9,16H,5-7,10-11H2,(H2,21,23). The van der Waals surface area contributed by atoms with Crippen molar-refractivity contribution in [1.82, 2.24) is 4.90 Å². The zero-order valence-electron chi connectivity index (χ0n) is 13.7. The Bertz CT molecular complexity index is 824. The number of ether oxygens (including phenoxy) is 2. The van der Waals surface area contributed by atoms with E-state index >= 15 is 0 Å². The van der Waals surface area contributed by atoms with E-state index in [1.165, 1.54) is 11.1 Å². The van der Waals surface area contributed by atoms with Crippen LogP contribution in [-0.4, -0.2) is 30.1 Å². The predicted octanol–water partition coefficient (Wildman–Crippen LogP) is 2.63. The van der Waals surface area contributed by atoms with Gasteiger partial charge in [-0.25, -0.2) is 0 Å². The van der Waals surface area contributed by atoms with Crippen molar-refractivity contribution in [1.29, 1.82) is 0 Å². The van der Waals surface area contributed by atoms with Gasteiger partial charge in [-0.3, -0.25) is 9.69 Å². The molecule has 4 rings (SSSR count). The third-order valence-electron chi connectivity index (χ3n) is 4.76. The summed E-state index contributed by atoms with van der Waals surface area (Å²) in [5.74, 6) is 1.21. The van der Waals surface area contributed by atoms with Crippen LogP contribution in [0.1, 0.15) is 16.7 Å². The van der Waals surface area contributed by atoms with Crippen LogP contribution in [0.5, 0.6) is 11.5 Å². The van der Waals surface area contributed by atoms with Gasteiger partial charge in [0.1, 0.15) is 13.2 Å². The smallest absolute Gasteiger partial charge is 0.235 e. The van der Waals surface area contributed by atoms with Gasteiger partial charge in [-0.15, -0.1) is 0 Å². The van der Waals surface area contributed by atoms with Crippen molar-refractivity contribution in [3.05, 3.63) is 57.6 Å². The van der Waals surface area contributed by atoms with E-state index in [0.29, 0.717) is 32.7 Å². The lowest BCUT2D eigenvalue weighted by Crippen LogP contribution is -2.48. The number of carbonyl (C=O) groups excluding carboxylic acids is 1. The summed E-state index contributed by atoms with van der Waals surface area (Å²) >= 11 is 3.61. The molecule has 2 aromatic rings. The van der Waals surface area contributed by atoms with E-state index < -0.39 is 0 Å². The lowest BCUT2D eigenvalue weighted by Gasteiger charge is -2.35. The van der Waals surface area contributed by atoms with Crippen LogP contribution in [-0.2, 0) is 24.3 Å². The second-order valence-electron chi connectivity index (χ2n) is 6.38. The number of primary amides is 1. The first-order chi connectivity index (χ1) is 12.1. The van der Waals surface area contributed by atoms with Gasteiger partial charge < -0.3 is 15.2 Å². The number of fused-ring (bicyclic) bond motifs is 2. The van der Waals surface area contributed by atoms with Gasteiger partial charge in [-0.1, -0.05) is 40.2 Å². The Morgan fingerprint density at radius 3 is 2.56 bits per heavy atom. The number of benzene rings is 2. The van der Waals surface area contributed by atoms with E-state index in [0.717, 1.165) is 21.5 Å². The van der Waals surface area contributed by atoms with Crippen LogP contribution in [0.25, 0.3) is 0 Å². The Balaban J connectivity index is 1.64. The molecule has 2 N–H and O–H groups in total. The molecule has 2 heterocycles. The monoisotopic (exact) mass is 402 g/mol. The fourth-order valence-corrected chi connectivity index (χ4v) is 3.92. The molecule has 1 atom stereocenters. The van der Waals surface area contributed by atoms with E-state index in [9.17, 15) is 4.79 Å². The third kappa shape index (κ3) is 3.24. The molecular formula is C19H19BrN2O3. The van der Waals surface area contributed by atoms with Crippen molar-refractivity contribution in [2.45, 2.75) is 25.6 Å². The minimum atomic E-state index is -0.310. The molecule has 0 saturated carbocycles. The fourth-order valence-electron chi connectivity index (χ4n) is 3.47. The molecule has 130 valence electrons. The Morgan fingerprint density at radius 2 is 1.84 bits per heavy atom. The molecule has 1 unspecified atom stereocenters. The van der Waals surface area contributed by atoms with Gasteiger partial charge in [0.25, 0.3) is 0 Å². The van der Waals surface area contributed by atoms with Gasteiger partial charge in [-0.2, -0.15) is 0 Å². The molecule has 25 heavy (non-hydrogen) atoms. The minimum absolute atomic E-state index is 0.289. The lowest BCUT2D eigenvalue weighted by atomic mass is 9.93. The van der Waals surface area contributed by atoms with Crippen LogP contribution in [0.4, 0.5) is 0 Å². The van der Waals surface area contributed by atoms with Crippen molar-refractivity contribution in [2.24, 2.45) is 5.73 Å². The van der Waals surface area contributed by atoms with Crippen molar-refractivity contribution in [2.75, 3.05) is 13.2 Å². The molecule has 0 aromatic heterocycles. The minimum Gasteiger partial charge on any atom is -0.486 e. The van der Waals surface area contributed by atoms with Gasteiger partial charge in [0.05, 0.1) is 6.04 Å². The van der Waals surface area contributed by atoms with E-state index in [1.807, 2.05) is 24.3 Å². The van der Waals surface area contributed by atoms with Gasteiger partial charge in [0.15, 0.2) is 11.5 Å². The molecule has 0 bridgehead atoms. The molecule has 2 aliphatic heterocycles. The third-order valence-corrected chi connectivity index (χ3v) is 5.50.